The third-order valence-corrected chi connectivity index (χ3v) is 5.43. The summed E-state index contributed by atoms with van der Waals surface area (Å²) in [4.78, 5) is 23.8. The van der Waals surface area contributed by atoms with E-state index in [2.05, 4.69) is 10.6 Å². The number of hydrogen-bond donors (Lipinski definition) is 4. The number of anilines is 1. The molecule has 4 aromatic carbocycles. The number of phenolic OH excluding ortho intramolecular Hbond substituents is 1. The number of rotatable bonds is 8. The molecule has 170 valence electrons. The van der Waals surface area contributed by atoms with Crippen LogP contribution in [-0.2, 0) is 13.1 Å². The summed E-state index contributed by atoms with van der Waals surface area (Å²) in [6.45, 7) is 0.921. The van der Waals surface area contributed by atoms with Crippen molar-refractivity contribution in [2.75, 3.05) is 5.32 Å². The first-order chi connectivity index (χ1) is 16.5. The molecule has 0 spiro atoms. The number of carboxylic acids is 1. The number of aromatic carboxylic acids is 1. The van der Waals surface area contributed by atoms with Crippen molar-refractivity contribution in [3.63, 3.8) is 0 Å². The topological polar surface area (TPSA) is 98.7 Å². The van der Waals surface area contributed by atoms with E-state index in [0.29, 0.717) is 24.2 Å². The summed E-state index contributed by atoms with van der Waals surface area (Å²) < 4.78 is 0. The van der Waals surface area contributed by atoms with Crippen LogP contribution in [0.25, 0.3) is 11.1 Å². The zero-order valence-electron chi connectivity index (χ0n) is 18.4. The number of phenols is 1. The number of benzene rings is 4. The van der Waals surface area contributed by atoms with Crippen molar-refractivity contribution in [3.05, 3.63) is 119 Å². The number of carboxylic acid groups (broad SMARTS) is 1. The van der Waals surface area contributed by atoms with E-state index in [-0.39, 0.29) is 17.2 Å². The Kier molecular flexibility index (Phi) is 6.89. The molecule has 0 atom stereocenters. The number of amides is 1. The lowest BCUT2D eigenvalue weighted by molar-refractivity contribution is 0.0697. The molecule has 0 heterocycles. The Labute approximate surface area is 197 Å². The predicted molar refractivity (Wildman–Crippen MR) is 132 cm³/mol. The van der Waals surface area contributed by atoms with Crippen LogP contribution in [0.15, 0.2) is 97.1 Å². The minimum atomic E-state index is -0.946. The minimum absolute atomic E-state index is 0.168. The van der Waals surface area contributed by atoms with Gasteiger partial charge >= 0.3 is 5.97 Å². The van der Waals surface area contributed by atoms with Gasteiger partial charge in [0, 0.05) is 24.3 Å². The second-order valence-corrected chi connectivity index (χ2v) is 7.83. The fourth-order valence-electron chi connectivity index (χ4n) is 3.62. The highest BCUT2D eigenvalue weighted by atomic mass is 16.4. The minimum Gasteiger partial charge on any atom is -0.508 e. The van der Waals surface area contributed by atoms with E-state index in [1.807, 2.05) is 48.5 Å². The first-order valence-electron chi connectivity index (χ1n) is 10.8. The largest absolute Gasteiger partial charge is 0.508 e. The van der Waals surface area contributed by atoms with Gasteiger partial charge in [-0.25, -0.2) is 4.79 Å². The molecule has 0 saturated heterocycles. The van der Waals surface area contributed by atoms with Gasteiger partial charge in [-0.2, -0.15) is 0 Å². The molecule has 0 fully saturated rings. The normalized spacial score (nSPS) is 10.5. The Bertz CT molecular complexity index is 1300. The number of carbonyl (C=O) groups is 2. The lowest BCUT2D eigenvalue weighted by Crippen LogP contribution is -2.22. The average Bonchev–Trinajstić information content (AvgIpc) is 2.87. The van der Waals surface area contributed by atoms with Crippen molar-refractivity contribution in [1.29, 1.82) is 0 Å². The maximum Gasteiger partial charge on any atom is 0.336 e. The number of hydrogen-bond acceptors (Lipinski definition) is 4. The lowest BCUT2D eigenvalue weighted by atomic mass is 9.99. The molecule has 4 aromatic rings. The van der Waals surface area contributed by atoms with Gasteiger partial charge in [0.25, 0.3) is 5.91 Å². The quantitative estimate of drug-likeness (QED) is 0.291. The number of nitrogens with one attached hydrogen (secondary N) is 2. The summed E-state index contributed by atoms with van der Waals surface area (Å²) >= 11 is 0. The summed E-state index contributed by atoms with van der Waals surface area (Å²) in [5, 5.41) is 25.1. The second kappa shape index (κ2) is 10.4. The van der Waals surface area contributed by atoms with Crippen LogP contribution in [-0.4, -0.2) is 22.1 Å². The molecule has 0 aliphatic heterocycles. The highest BCUT2D eigenvalue weighted by Gasteiger charge is 2.10. The van der Waals surface area contributed by atoms with E-state index >= 15 is 0 Å². The molecule has 0 bridgehead atoms. The van der Waals surface area contributed by atoms with Crippen LogP contribution in [0.5, 0.6) is 5.75 Å². The summed E-state index contributed by atoms with van der Waals surface area (Å²) in [6, 6.07) is 28.7. The molecule has 6 heteroatoms. The lowest BCUT2D eigenvalue weighted by Gasteiger charge is -2.10. The third kappa shape index (κ3) is 5.61. The number of carbonyl (C=O) groups excluding carboxylic acids is 1. The zero-order chi connectivity index (χ0) is 23.9. The molecule has 4 N–H and O–H groups in total. The van der Waals surface area contributed by atoms with E-state index in [1.54, 1.807) is 48.5 Å². The van der Waals surface area contributed by atoms with Gasteiger partial charge in [0.1, 0.15) is 5.75 Å². The Morgan fingerprint density at radius 1 is 0.735 bits per heavy atom. The fraction of sp³-hybridized carbons (Fsp3) is 0.0714. The Hall–Kier alpha value is -4.58. The van der Waals surface area contributed by atoms with Gasteiger partial charge in [0.15, 0.2) is 0 Å². The standard InChI is InChI=1S/C28H24N2O4/c31-24-5-3-4-20(16-24)18-30-27(32)22-12-14-23(15-13-22)29-17-19-8-10-21(11-9-19)25-6-1-2-7-26(25)28(33)34/h1-16,29,31H,17-18H2,(H,30,32)(H,33,34). The van der Waals surface area contributed by atoms with Crippen LogP contribution in [0.3, 0.4) is 0 Å². The molecule has 0 aliphatic rings. The molecule has 0 radical (unpaired) electrons. The van der Waals surface area contributed by atoms with E-state index < -0.39 is 5.97 Å². The van der Waals surface area contributed by atoms with Crippen molar-refractivity contribution < 1.29 is 19.8 Å². The van der Waals surface area contributed by atoms with Crippen LogP contribution in [0.4, 0.5) is 5.69 Å². The van der Waals surface area contributed by atoms with E-state index in [9.17, 15) is 19.8 Å². The molecule has 0 unspecified atom stereocenters. The SMILES string of the molecule is O=C(NCc1cccc(O)c1)c1ccc(NCc2ccc(-c3ccccc3C(=O)O)cc2)cc1. The molecular formula is C28H24N2O4. The van der Waals surface area contributed by atoms with Gasteiger partial charge < -0.3 is 20.8 Å². The fourth-order valence-corrected chi connectivity index (χ4v) is 3.62. The van der Waals surface area contributed by atoms with Crippen molar-refractivity contribution in [3.8, 4) is 16.9 Å². The van der Waals surface area contributed by atoms with Crippen LogP contribution >= 0.6 is 0 Å². The smallest absolute Gasteiger partial charge is 0.336 e. The third-order valence-electron chi connectivity index (χ3n) is 5.43. The maximum atomic E-state index is 12.4. The highest BCUT2D eigenvalue weighted by Crippen LogP contribution is 2.24. The summed E-state index contributed by atoms with van der Waals surface area (Å²) in [7, 11) is 0. The molecule has 0 saturated carbocycles. The van der Waals surface area contributed by atoms with E-state index in [4.69, 9.17) is 0 Å². The maximum absolute atomic E-state index is 12.4. The Morgan fingerprint density at radius 3 is 2.18 bits per heavy atom. The second-order valence-electron chi connectivity index (χ2n) is 7.83. The summed E-state index contributed by atoms with van der Waals surface area (Å²) in [6.07, 6.45) is 0. The van der Waals surface area contributed by atoms with Gasteiger partial charge in [-0.3, -0.25) is 4.79 Å². The molecule has 6 nitrogen and oxygen atoms in total. The van der Waals surface area contributed by atoms with E-state index in [0.717, 1.165) is 22.4 Å². The van der Waals surface area contributed by atoms with Crippen molar-refractivity contribution >= 4 is 17.6 Å². The first-order valence-corrected chi connectivity index (χ1v) is 10.8. The van der Waals surface area contributed by atoms with Gasteiger partial charge in [0.2, 0.25) is 0 Å². The Morgan fingerprint density at radius 2 is 1.47 bits per heavy atom. The van der Waals surface area contributed by atoms with Crippen LogP contribution in [0.1, 0.15) is 31.8 Å². The highest BCUT2D eigenvalue weighted by molar-refractivity contribution is 5.96. The van der Waals surface area contributed by atoms with Gasteiger partial charge in [-0.05, 0) is 64.7 Å². The summed E-state index contributed by atoms with van der Waals surface area (Å²) in [5.41, 5.74) is 5.11. The first kappa shape index (κ1) is 22.6. The number of aromatic hydroxyl groups is 1. The Balaban J connectivity index is 1.33. The molecular weight excluding hydrogens is 428 g/mol. The molecule has 0 aromatic heterocycles. The van der Waals surface area contributed by atoms with Crippen LogP contribution in [0, 0.1) is 0 Å². The molecule has 0 aliphatic carbocycles. The molecule has 34 heavy (non-hydrogen) atoms. The van der Waals surface area contributed by atoms with Crippen LogP contribution < -0.4 is 10.6 Å². The average molecular weight is 453 g/mol. The van der Waals surface area contributed by atoms with Crippen LogP contribution in [0.2, 0.25) is 0 Å². The van der Waals surface area contributed by atoms with Crippen molar-refractivity contribution in [2.45, 2.75) is 13.1 Å². The summed E-state index contributed by atoms with van der Waals surface area (Å²) in [5.74, 6) is -0.966. The van der Waals surface area contributed by atoms with Gasteiger partial charge in [-0.1, -0.05) is 54.6 Å². The predicted octanol–water partition coefficient (Wildman–Crippen LogP) is 5.30. The molecule has 4 rings (SSSR count). The molecule has 1 amide bonds. The van der Waals surface area contributed by atoms with Gasteiger partial charge in [0.05, 0.1) is 5.56 Å². The van der Waals surface area contributed by atoms with Gasteiger partial charge in [-0.15, -0.1) is 0 Å². The van der Waals surface area contributed by atoms with E-state index in [1.165, 1.54) is 0 Å². The monoisotopic (exact) mass is 452 g/mol. The zero-order valence-corrected chi connectivity index (χ0v) is 18.4. The van der Waals surface area contributed by atoms with Crippen molar-refractivity contribution in [1.82, 2.24) is 5.32 Å². The van der Waals surface area contributed by atoms with Crippen molar-refractivity contribution in [2.24, 2.45) is 0 Å².